The maximum atomic E-state index is 14.0. The van der Waals surface area contributed by atoms with E-state index in [0.29, 0.717) is 16.1 Å². The number of carbonyl (C=O) groups is 3. The Balaban J connectivity index is 1.38. The van der Waals surface area contributed by atoms with E-state index >= 15 is 0 Å². The van der Waals surface area contributed by atoms with Crippen molar-refractivity contribution in [3.8, 4) is 10.6 Å². The SMILES string of the molecule is CC(=O)C[C@H](NC(=O)c1ccc2ccccc2n1)C(=O)N[C@@H](Cc1ccccc1)[C@@H](O)CN(CC(C)C)S(=O)(=O)c1ccc(-c2ccon2)s1. The smallest absolute Gasteiger partial charge is 0.270 e. The zero-order valence-electron chi connectivity index (χ0n) is 27.9. The summed E-state index contributed by atoms with van der Waals surface area (Å²) < 4.78 is 34.1. The molecule has 0 saturated heterocycles. The van der Waals surface area contributed by atoms with Gasteiger partial charge in [0.2, 0.25) is 5.91 Å². The number of nitrogens with zero attached hydrogens (tertiary/aromatic N) is 3. The van der Waals surface area contributed by atoms with Gasteiger partial charge in [-0.1, -0.05) is 73.6 Å². The van der Waals surface area contributed by atoms with Crippen molar-refractivity contribution in [1.82, 2.24) is 25.1 Å². The number of ketones is 1. The number of para-hydroxylation sites is 1. The normalized spacial score (nSPS) is 13.6. The van der Waals surface area contributed by atoms with Gasteiger partial charge in [0.1, 0.15) is 33.7 Å². The van der Waals surface area contributed by atoms with Crippen LogP contribution in [0.5, 0.6) is 0 Å². The lowest BCUT2D eigenvalue weighted by atomic mass is 9.99. The molecular formula is C36H39N5O7S2. The Hall–Kier alpha value is -4.76. The number of fused-ring (bicyclic) bond motifs is 1. The number of aliphatic hydroxyl groups excluding tert-OH is 1. The third kappa shape index (κ3) is 9.27. The highest BCUT2D eigenvalue weighted by molar-refractivity contribution is 7.91. The molecule has 0 spiro atoms. The van der Waals surface area contributed by atoms with Gasteiger partial charge in [0, 0.05) is 31.0 Å². The lowest BCUT2D eigenvalue weighted by molar-refractivity contribution is -0.127. The molecule has 0 aliphatic heterocycles. The van der Waals surface area contributed by atoms with Crippen molar-refractivity contribution in [1.29, 1.82) is 0 Å². The first-order valence-electron chi connectivity index (χ1n) is 16.1. The monoisotopic (exact) mass is 717 g/mol. The van der Waals surface area contributed by atoms with E-state index in [1.807, 2.05) is 56.3 Å². The Kier molecular flexibility index (Phi) is 11.9. The molecule has 262 valence electrons. The summed E-state index contributed by atoms with van der Waals surface area (Å²) >= 11 is 1.03. The number of amides is 2. The lowest BCUT2D eigenvalue weighted by Crippen LogP contribution is -2.56. The number of pyridine rings is 1. The lowest BCUT2D eigenvalue weighted by Gasteiger charge is -2.31. The van der Waals surface area contributed by atoms with Crippen molar-refractivity contribution in [2.45, 2.75) is 56.0 Å². The summed E-state index contributed by atoms with van der Waals surface area (Å²) in [5, 5.41) is 21.9. The molecular weight excluding hydrogens is 679 g/mol. The molecule has 2 amide bonds. The molecule has 50 heavy (non-hydrogen) atoms. The van der Waals surface area contributed by atoms with Crippen LogP contribution in [0.1, 0.15) is 43.2 Å². The van der Waals surface area contributed by atoms with Gasteiger partial charge in [0.15, 0.2) is 0 Å². The minimum atomic E-state index is -4.08. The average Bonchev–Trinajstić information content (AvgIpc) is 3.81. The summed E-state index contributed by atoms with van der Waals surface area (Å²) in [5.41, 5.74) is 1.94. The zero-order chi connectivity index (χ0) is 35.8. The van der Waals surface area contributed by atoms with Gasteiger partial charge in [-0.2, -0.15) is 4.31 Å². The Bertz CT molecular complexity index is 2030. The Morgan fingerprint density at radius 1 is 0.920 bits per heavy atom. The Labute approximate surface area is 294 Å². The van der Waals surface area contributed by atoms with Crippen molar-refractivity contribution in [2.24, 2.45) is 5.92 Å². The standard InChI is InChI=1S/C36H39N5O7S2/c1-23(2)21-41(50(46,47)34-16-15-33(49-34)28-17-18-48-40-28)22-32(43)30(20-25-9-5-4-6-10-25)38-36(45)31(19-24(3)42)39-35(44)29-14-13-26-11-7-8-12-27(26)37-29/h4-18,23,30-32,43H,19-22H2,1-3H3,(H,38,45)(H,39,44)/t30-,31-,32-/m0/s1. The van der Waals surface area contributed by atoms with Gasteiger partial charge in [-0.05, 0) is 49.1 Å². The van der Waals surface area contributed by atoms with Crippen LogP contribution in [0.15, 0.2) is 99.9 Å². The molecule has 3 atom stereocenters. The Morgan fingerprint density at radius 3 is 2.36 bits per heavy atom. The number of carbonyl (C=O) groups excluding carboxylic acids is 3. The van der Waals surface area contributed by atoms with Gasteiger partial charge < -0.3 is 20.3 Å². The largest absolute Gasteiger partial charge is 0.390 e. The quantitative estimate of drug-likeness (QED) is 0.133. The number of hydrogen-bond donors (Lipinski definition) is 3. The Morgan fingerprint density at radius 2 is 1.66 bits per heavy atom. The second-order valence-corrected chi connectivity index (χ2v) is 15.7. The van der Waals surface area contributed by atoms with Crippen LogP contribution >= 0.6 is 11.3 Å². The predicted octanol–water partition coefficient (Wildman–Crippen LogP) is 4.46. The fraction of sp³-hybridized carbons (Fsp3) is 0.306. The van der Waals surface area contributed by atoms with Crippen LogP contribution in [-0.4, -0.2) is 76.8 Å². The molecule has 5 rings (SSSR count). The van der Waals surface area contributed by atoms with Gasteiger partial charge in [-0.15, -0.1) is 11.3 Å². The van der Waals surface area contributed by atoms with Gasteiger partial charge >= 0.3 is 0 Å². The molecule has 0 saturated carbocycles. The van der Waals surface area contributed by atoms with E-state index in [2.05, 4.69) is 20.8 Å². The van der Waals surface area contributed by atoms with Gasteiger partial charge in [0.05, 0.1) is 22.5 Å². The third-order valence-electron chi connectivity index (χ3n) is 7.86. The molecule has 5 aromatic rings. The van der Waals surface area contributed by atoms with E-state index in [1.54, 1.807) is 30.3 Å². The van der Waals surface area contributed by atoms with Crippen LogP contribution in [0.25, 0.3) is 21.5 Å². The minimum absolute atomic E-state index is 0.0681. The fourth-order valence-electron chi connectivity index (χ4n) is 5.43. The molecule has 2 aromatic carbocycles. The molecule has 0 bridgehead atoms. The van der Waals surface area contributed by atoms with Crippen LogP contribution in [0.2, 0.25) is 0 Å². The molecule has 3 heterocycles. The third-order valence-corrected chi connectivity index (χ3v) is 11.3. The van der Waals surface area contributed by atoms with E-state index in [-0.39, 0.29) is 47.5 Å². The molecule has 3 aromatic heterocycles. The molecule has 0 radical (unpaired) electrons. The zero-order valence-corrected chi connectivity index (χ0v) is 29.5. The number of aromatic nitrogens is 2. The number of hydrogen-bond acceptors (Lipinski definition) is 10. The van der Waals surface area contributed by atoms with Crippen molar-refractivity contribution >= 4 is 49.9 Å². The first kappa shape index (κ1) is 36.5. The van der Waals surface area contributed by atoms with Crippen molar-refractivity contribution in [2.75, 3.05) is 13.1 Å². The van der Waals surface area contributed by atoms with Crippen molar-refractivity contribution in [3.63, 3.8) is 0 Å². The van der Waals surface area contributed by atoms with Crippen LogP contribution in [0, 0.1) is 5.92 Å². The van der Waals surface area contributed by atoms with Crippen LogP contribution in [-0.2, 0) is 26.0 Å². The summed E-state index contributed by atoms with van der Waals surface area (Å²) in [7, 11) is -4.08. The molecule has 0 aliphatic rings. The predicted molar refractivity (Wildman–Crippen MR) is 190 cm³/mol. The molecule has 0 unspecified atom stereocenters. The van der Waals surface area contributed by atoms with Crippen LogP contribution < -0.4 is 10.6 Å². The van der Waals surface area contributed by atoms with Crippen molar-refractivity contribution in [3.05, 3.63) is 102 Å². The summed E-state index contributed by atoms with van der Waals surface area (Å²) in [6, 6.07) is 22.2. The summed E-state index contributed by atoms with van der Waals surface area (Å²) in [6.45, 7) is 4.81. The van der Waals surface area contributed by atoms with E-state index < -0.39 is 40.0 Å². The van der Waals surface area contributed by atoms with E-state index in [0.717, 1.165) is 22.3 Å². The van der Waals surface area contributed by atoms with E-state index in [4.69, 9.17) is 4.52 Å². The maximum Gasteiger partial charge on any atom is 0.270 e. The number of thiophene rings is 1. The molecule has 3 N–H and O–H groups in total. The van der Waals surface area contributed by atoms with Crippen LogP contribution in [0.4, 0.5) is 0 Å². The molecule has 0 fully saturated rings. The maximum absolute atomic E-state index is 14.0. The fourth-order valence-corrected chi connectivity index (χ4v) is 8.48. The first-order valence-corrected chi connectivity index (χ1v) is 18.4. The first-order chi connectivity index (χ1) is 23.9. The van der Waals surface area contributed by atoms with E-state index in [9.17, 15) is 27.9 Å². The second kappa shape index (κ2) is 16.3. The average molecular weight is 718 g/mol. The topological polar surface area (TPSA) is 172 Å². The van der Waals surface area contributed by atoms with Gasteiger partial charge in [-0.25, -0.2) is 13.4 Å². The number of nitrogens with one attached hydrogen (secondary N) is 2. The highest BCUT2D eigenvalue weighted by Crippen LogP contribution is 2.32. The summed E-state index contributed by atoms with van der Waals surface area (Å²) in [6.07, 6.45) is -0.137. The van der Waals surface area contributed by atoms with Gasteiger partial charge in [-0.3, -0.25) is 14.4 Å². The highest BCUT2D eigenvalue weighted by Gasteiger charge is 2.34. The molecule has 12 nitrogen and oxygen atoms in total. The minimum Gasteiger partial charge on any atom is -0.390 e. The number of rotatable bonds is 16. The summed E-state index contributed by atoms with van der Waals surface area (Å²) in [4.78, 5) is 44.3. The van der Waals surface area contributed by atoms with Crippen molar-refractivity contribution < 1.29 is 32.4 Å². The number of benzene rings is 2. The van der Waals surface area contributed by atoms with Gasteiger partial charge in [0.25, 0.3) is 15.9 Å². The number of Topliss-reactive ketones (excluding diaryl/α,β-unsaturated/α-hetero) is 1. The summed E-state index contributed by atoms with van der Waals surface area (Å²) in [5.74, 6) is -1.78. The highest BCUT2D eigenvalue weighted by atomic mass is 32.2. The number of aliphatic hydroxyl groups is 1. The molecule has 14 heteroatoms. The van der Waals surface area contributed by atoms with Crippen LogP contribution in [0.3, 0.4) is 0 Å². The van der Waals surface area contributed by atoms with E-state index in [1.165, 1.54) is 29.6 Å². The second-order valence-electron chi connectivity index (χ2n) is 12.4. The number of sulfonamides is 1. The molecule has 0 aliphatic carbocycles.